The number of nitrogens with one attached hydrogen (secondary N) is 1. The number of rotatable bonds is 5. The lowest BCUT2D eigenvalue weighted by Gasteiger charge is -2.17. The fourth-order valence-corrected chi connectivity index (χ4v) is 2.43. The first-order valence-electron chi connectivity index (χ1n) is 6.04. The summed E-state index contributed by atoms with van der Waals surface area (Å²) in [7, 11) is 0. The molecule has 0 fully saturated rings. The number of fused-ring (bicyclic) bond motifs is 1. The molecular weight excluding hydrogens is 314 g/mol. The van der Waals surface area contributed by atoms with Crippen molar-refractivity contribution in [2.45, 2.75) is 19.9 Å². The zero-order valence-corrected chi connectivity index (χ0v) is 12.4. The standard InChI is InChI=1S/C13H16BrNO4/c1-7(2)5-15-11(13(16)17)8-3-9(14)12-10(4-8)18-6-19-12/h3-4,7,11,15H,5-6H2,1-2H3,(H,16,17). The second-order valence-electron chi connectivity index (χ2n) is 4.81. The van der Waals surface area contributed by atoms with Crippen molar-refractivity contribution in [2.75, 3.05) is 13.3 Å². The third-order valence-corrected chi connectivity index (χ3v) is 3.35. The van der Waals surface area contributed by atoms with E-state index in [1.54, 1.807) is 12.1 Å². The second-order valence-corrected chi connectivity index (χ2v) is 5.66. The van der Waals surface area contributed by atoms with E-state index in [4.69, 9.17) is 9.47 Å². The number of carbonyl (C=O) groups is 1. The SMILES string of the molecule is CC(C)CNC(C(=O)O)c1cc(Br)c2c(c1)OCO2. The van der Waals surface area contributed by atoms with Gasteiger partial charge in [-0.1, -0.05) is 13.8 Å². The Morgan fingerprint density at radius 1 is 1.47 bits per heavy atom. The molecule has 1 aliphatic heterocycles. The Morgan fingerprint density at radius 3 is 2.84 bits per heavy atom. The number of aliphatic carboxylic acids is 1. The Bertz CT molecular complexity index is 490. The summed E-state index contributed by atoms with van der Waals surface area (Å²) in [4.78, 5) is 11.4. The van der Waals surface area contributed by atoms with Gasteiger partial charge in [0.25, 0.3) is 0 Å². The first-order chi connectivity index (χ1) is 8.99. The van der Waals surface area contributed by atoms with Gasteiger partial charge in [0.1, 0.15) is 6.04 Å². The molecule has 19 heavy (non-hydrogen) atoms. The fraction of sp³-hybridized carbons (Fsp3) is 0.462. The minimum Gasteiger partial charge on any atom is -0.480 e. The fourth-order valence-electron chi connectivity index (χ4n) is 1.86. The molecule has 5 nitrogen and oxygen atoms in total. The van der Waals surface area contributed by atoms with Crippen LogP contribution in [-0.4, -0.2) is 24.4 Å². The van der Waals surface area contributed by atoms with E-state index in [2.05, 4.69) is 21.2 Å². The molecule has 1 aromatic carbocycles. The molecule has 0 aromatic heterocycles. The molecule has 0 bridgehead atoms. The quantitative estimate of drug-likeness (QED) is 0.868. The summed E-state index contributed by atoms with van der Waals surface area (Å²) in [5, 5.41) is 12.4. The molecule has 0 saturated heterocycles. The lowest BCUT2D eigenvalue weighted by molar-refractivity contribution is -0.139. The molecule has 6 heteroatoms. The normalized spacial score (nSPS) is 14.7. The summed E-state index contributed by atoms with van der Waals surface area (Å²) < 4.78 is 11.3. The third kappa shape index (κ3) is 3.19. The highest BCUT2D eigenvalue weighted by atomic mass is 79.9. The molecule has 1 heterocycles. The number of hydrogen-bond acceptors (Lipinski definition) is 4. The molecule has 0 radical (unpaired) electrons. The summed E-state index contributed by atoms with van der Waals surface area (Å²) in [5.74, 6) is 0.657. The van der Waals surface area contributed by atoms with Gasteiger partial charge in [0.15, 0.2) is 11.5 Å². The smallest absolute Gasteiger partial charge is 0.325 e. The van der Waals surface area contributed by atoms with E-state index in [0.717, 1.165) is 0 Å². The van der Waals surface area contributed by atoms with Crippen LogP contribution in [0, 0.1) is 5.92 Å². The molecule has 1 aromatic rings. The number of ether oxygens (including phenoxy) is 2. The maximum absolute atomic E-state index is 11.4. The van der Waals surface area contributed by atoms with E-state index in [1.807, 2.05) is 13.8 Å². The zero-order valence-electron chi connectivity index (χ0n) is 10.8. The Hall–Kier alpha value is -1.27. The summed E-state index contributed by atoms with van der Waals surface area (Å²) in [6.07, 6.45) is 0. The molecule has 2 rings (SSSR count). The number of carboxylic acids is 1. The highest BCUT2D eigenvalue weighted by Crippen LogP contribution is 2.41. The van der Waals surface area contributed by atoms with Crippen molar-refractivity contribution in [3.63, 3.8) is 0 Å². The van der Waals surface area contributed by atoms with Crippen LogP contribution < -0.4 is 14.8 Å². The van der Waals surface area contributed by atoms with Crippen LogP contribution in [0.2, 0.25) is 0 Å². The molecule has 1 unspecified atom stereocenters. The van der Waals surface area contributed by atoms with Gasteiger partial charge < -0.3 is 19.9 Å². The number of halogens is 1. The summed E-state index contributed by atoms with van der Waals surface area (Å²) in [5.41, 5.74) is 0.643. The van der Waals surface area contributed by atoms with Gasteiger partial charge in [0.05, 0.1) is 4.47 Å². The van der Waals surface area contributed by atoms with Crippen molar-refractivity contribution >= 4 is 21.9 Å². The maximum atomic E-state index is 11.4. The molecule has 0 amide bonds. The molecule has 0 saturated carbocycles. The van der Waals surface area contributed by atoms with Gasteiger partial charge in [-0.25, -0.2) is 0 Å². The average Bonchev–Trinajstić information content (AvgIpc) is 2.77. The van der Waals surface area contributed by atoms with Crippen molar-refractivity contribution in [1.29, 1.82) is 0 Å². The topological polar surface area (TPSA) is 67.8 Å². The van der Waals surface area contributed by atoms with Gasteiger partial charge in [-0.15, -0.1) is 0 Å². The minimum absolute atomic E-state index is 0.161. The Balaban J connectivity index is 2.27. The van der Waals surface area contributed by atoms with Gasteiger partial charge in [-0.3, -0.25) is 4.79 Å². The van der Waals surface area contributed by atoms with Crippen LogP contribution in [0.1, 0.15) is 25.5 Å². The second kappa shape index (κ2) is 5.79. The highest BCUT2D eigenvalue weighted by Gasteiger charge is 2.25. The van der Waals surface area contributed by atoms with Crippen molar-refractivity contribution in [1.82, 2.24) is 5.32 Å². The van der Waals surface area contributed by atoms with Crippen LogP contribution in [0.15, 0.2) is 16.6 Å². The van der Waals surface area contributed by atoms with Crippen LogP contribution in [0.3, 0.4) is 0 Å². The molecule has 2 N–H and O–H groups in total. The molecular formula is C13H16BrNO4. The van der Waals surface area contributed by atoms with Crippen molar-refractivity contribution in [2.24, 2.45) is 5.92 Å². The summed E-state index contributed by atoms with van der Waals surface area (Å²) in [6, 6.07) is 2.70. The lowest BCUT2D eigenvalue weighted by Crippen LogP contribution is -2.31. The van der Waals surface area contributed by atoms with Gasteiger partial charge in [0.2, 0.25) is 6.79 Å². The number of hydrogen-bond donors (Lipinski definition) is 2. The number of carboxylic acid groups (broad SMARTS) is 1. The predicted octanol–water partition coefficient (Wildman–Crippen LogP) is 2.55. The summed E-state index contributed by atoms with van der Waals surface area (Å²) in [6.45, 7) is 4.85. The molecule has 1 aliphatic rings. The Kier molecular flexibility index (Phi) is 4.31. The van der Waals surface area contributed by atoms with Crippen LogP contribution in [0.4, 0.5) is 0 Å². The van der Waals surface area contributed by atoms with E-state index >= 15 is 0 Å². The Labute approximate surface area is 120 Å². The van der Waals surface area contributed by atoms with E-state index < -0.39 is 12.0 Å². The van der Waals surface area contributed by atoms with Crippen LogP contribution in [-0.2, 0) is 4.79 Å². The van der Waals surface area contributed by atoms with Crippen molar-refractivity contribution in [3.05, 3.63) is 22.2 Å². The molecule has 1 atom stereocenters. The van der Waals surface area contributed by atoms with Crippen molar-refractivity contribution < 1.29 is 19.4 Å². The predicted molar refractivity (Wildman–Crippen MR) is 73.5 cm³/mol. The average molecular weight is 330 g/mol. The van der Waals surface area contributed by atoms with Crippen LogP contribution in [0.5, 0.6) is 11.5 Å². The van der Waals surface area contributed by atoms with E-state index in [9.17, 15) is 9.90 Å². The third-order valence-electron chi connectivity index (χ3n) is 2.76. The van der Waals surface area contributed by atoms with Gasteiger partial charge in [0, 0.05) is 0 Å². The molecule has 0 aliphatic carbocycles. The minimum atomic E-state index is -0.911. The first-order valence-corrected chi connectivity index (χ1v) is 6.83. The highest BCUT2D eigenvalue weighted by molar-refractivity contribution is 9.10. The Morgan fingerprint density at radius 2 is 2.21 bits per heavy atom. The first kappa shape index (κ1) is 14.1. The van der Waals surface area contributed by atoms with Crippen LogP contribution >= 0.6 is 15.9 Å². The largest absolute Gasteiger partial charge is 0.480 e. The van der Waals surface area contributed by atoms with Gasteiger partial charge in [-0.2, -0.15) is 0 Å². The lowest BCUT2D eigenvalue weighted by atomic mass is 10.1. The van der Waals surface area contributed by atoms with E-state index in [0.29, 0.717) is 34.0 Å². The summed E-state index contributed by atoms with van der Waals surface area (Å²) >= 11 is 3.37. The van der Waals surface area contributed by atoms with Gasteiger partial charge >= 0.3 is 5.97 Å². The molecule has 0 spiro atoms. The number of benzene rings is 1. The van der Waals surface area contributed by atoms with E-state index in [-0.39, 0.29) is 6.79 Å². The zero-order chi connectivity index (χ0) is 14.0. The molecule has 104 valence electrons. The van der Waals surface area contributed by atoms with Crippen LogP contribution in [0.25, 0.3) is 0 Å². The monoisotopic (exact) mass is 329 g/mol. The van der Waals surface area contributed by atoms with Crippen molar-refractivity contribution in [3.8, 4) is 11.5 Å². The van der Waals surface area contributed by atoms with Gasteiger partial charge in [-0.05, 0) is 46.1 Å². The maximum Gasteiger partial charge on any atom is 0.325 e. The van der Waals surface area contributed by atoms with E-state index in [1.165, 1.54) is 0 Å².